The van der Waals surface area contributed by atoms with E-state index in [0.29, 0.717) is 6.42 Å². The summed E-state index contributed by atoms with van der Waals surface area (Å²) in [5.41, 5.74) is 0. The second-order valence-corrected chi connectivity index (χ2v) is 4.17. The van der Waals surface area contributed by atoms with Crippen molar-refractivity contribution < 1.29 is 19.7 Å². The van der Waals surface area contributed by atoms with Crippen LogP contribution in [0, 0.1) is 5.92 Å². The van der Waals surface area contributed by atoms with Gasteiger partial charge in [0.2, 0.25) is 0 Å². The van der Waals surface area contributed by atoms with Gasteiger partial charge in [-0.2, -0.15) is 0 Å². The molecule has 1 heterocycles. The Balaban J connectivity index is 2.40. The number of hydrogen-bond acceptors (Lipinski definition) is 4. The van der Waals surface area contributed by atoms with Crippen LogP contribution < -0.4 is 0 Å². The fourth-order valence-electron chi connectivity index (χ4n) is 1.77. The Kier molecular flexibility index (Phi) is 5.49. The molecule has 0 aromatic carbocycles. The zero-order valence-electron chi connectivity index (χ0n) is 9.63. The number of ether oxygens (including phenoxy) is 1. The van der Waals surface area contributed by atoms with E-state index in [1.165, 1.54) is 0 Å². The van der Waals surface area contributed by atoms with E-state index in [9.17, 15) is 9.90 Å². The summed E-state index contributed by atoms with van der Waals surface area (Å²) < 4.78 is 4.91. The van der Waals surface area contributed by atoms with Gasteiger partial charge < -0.3 is 14.9 Å². The lowest BCUT2D eigenvalue weighted by atomic mass is 10.00. The van der Waals surface area contributed by atoms with Gasteiger partial charge >= 0.3 is 5.97 Å². The van der Waals surface area contributed by atoms with Crippen LogP contribution in [0.2, 0.25) is 0 Å². The molecular weight excluding hydrogens is 208 g/mol. The van der Waals surface area contributed by atoms with Crippen LogP contribution in [0.4, 0.5) is 0 Å². The van der Waals surface area contributed by atoms with Gasteiger partial charge in [-0.3, -0.25) is 4.79 Å². The molecule has 2 N–H and O–H groups in total. The highest BCUT2D eigenvalue weighted by molar-refractivity contribution is 5.72. The number of cyclic esters (lactones) is 1. The summed E-state index contributed by atoms with van der Waals surface area (Å²) in [4.78, 5) is 11.0. The normalized spacial score (nSPS) is 27.3. The van der Waals surface area contributed by atoms with Crippen LogP contribution >= 0.6 is 0 Å². The van der Waals surface area contributed by atoms with E-state index in [1.807, 2.05) is 0 Å². The van der Waals surface area contributed by atoms with E-state index in [2.05, 4.69) is 6.92 Å². The first-order valence-corrected chi connectivity index (χ1v) is 5.84. The molecule has 1 rings (SSSR count). The Morgan fingerprint density at radius 3 is 3.00 bits per heavy atom. The molecule has 0 saturated carbocycles. The van der Waals surface area contributed by atoms with Crippen LogP contribution in [0.25, 0.3) is 0 Å². The van der Waals surface area contributed by atoms with Crippen molar-refractivity contribution in [1.82, 2.24) is 0 Å². The first-order valence-electron chi connectivity index (χ1n) is 5.84. The molecule has 3 atom stereocenters. The van der Waals surface area contributed by atoms with Gasteiger partial charge in [0.1, 0.15) is 6.10 Å². The second-order valence-electron chi connectivity index (χ2n) is 4.17. The number of hydrogen-bond donors (Lipinski definition) is 2. The molecule has 0 radical (unpaired) electrons. The lowest BCUT2D eigenvalue weighted by Crippen LogP contribution is -2.19. The average molecular weight is 228 g/mol. The molecule has 92 valence electrons. The third-order valence-electron chi connectivity index (χ3n) is 2.78. The molecular formula is C12H20O4. The number of aliphatic hydroxyl groups is 2. The Bertz CT molecular complexity index is 249. The Labute approximate surface area is 95.9 Å². The van der Waals surface area contributed by atoms with E-state index in [-0.39, 0.29) is 18.5 Å². The molecule has 0 aliphatic carbocycles. The van der Waals surface area contributed by atoms with Crippen LogP contribution in [0.5, 0.6) is 0 Å². The van der Waals surface area contributed by atoms with Crippen molar-refractivity contribution in [3.63, 3.8) is 0 Å². The summed E-state index contributed by atoms with van der Waals surface area (Å²) in [6, 6.07) is 0. The van der Waals surface area contributed by atoms with Crippen LogP contribution in [0.1, 0.15) is 32.6 Å². The van der Waals surface area contributed by atoms with Crippen molar-refractivity contribution in [2.75, 3.05) is 6.61 Å². The van der Waals surface area contributed by atoms with Gasteiger partial charge in [0.15, 0.2) is 0 Å². The maximum Gasteiger partial charge on any atom is 0.306 e. The Hall–Kier alpha value is -0.870. The quantitative estimate of drug-likeness (QED) is 0.526. The molecule has 0 spiro atoms. The molecule has 1 fully saturated rings. The van der Waals surface area contributed by atoms with Crippen molar-refractivity contribution in [3.05, 3.63) is 12.2 Å². The Morgan fingerprint density at radius 2 is 2.38 bits per heavy atom. The van der Waals surface area contributed by atoms with Crippen molar-refractivity contribution in [2.45, 2.75) is 44.8 Å². The fraction of sp³-hybridized carbons (Fsp3) is 0.750. The summed E-state index contributed by atoms with van der Waals surface area (Å²) in [7, 11) is 0. The van der Waals surface area contributed by atoms with Gasteiger partial charge in [-0.1, -0.05) is 31.9 Å². The number of carbonyl (C=O) groups is 1. The lowest BCUT2D eigenvalue weighted by Gasteiger charge is -2.11. The number of aliphatic hydroxyl groups excluding tert-OH is 2. The minimum atomic E-state index is -0.463. The van der Waals surface area contributed by atoms with Crippen molar-refractivity contribution >= 4 is 5.97 Å². The van der Waals surface area contributed by atoms with E-state index < -0.39 is 12.2 Å². The fourth-order valence-corrected chi connectivity index (χ4v) is 1.77. The third kappa shape index (κ3) is 3.94. The zero-order valence-corrected chi connectivity index (χ0v) is 9.63. The molecule has 4 nitrogen and oxygen atoms in total. The largest absolute Gasteiger partial charge is 0.459 e. The molecule has 16 heavy (non-hydrogen) atoms. The van der Waals surface area contributed by atoms with Crippen molar-refractivity contribution in [1.29, 1.82) is 0 Å². The average Bonchev–Trinajstić information content (AvgIpc) is 2.64. The van der Waals surface area contributed by atoms with Gasteiger partial charge in [-0.05, 0) is 6.42 Å². The highest BCUT2D eigenvalue weighted by atomic mass is 16.6. The van der Waals surface area contributed by atoms with Crippen molar-refractivity contribution in [3.8, 4) is 0 Å². The maximum absolute atomic E-state index is 11.0. The van der Waals surface area contributed by atoms with E-state index >= 15 is 0 Å². The number of esters is 1. The molecule has 0 amide bonds. The van der Waals surface area contributed by atoms with Crippen LogP contribution in [-0.4, -0.2) is 35.0 Å². The van der Waals surface area contributed by atoms with Gasteiger partial charge in [0, 0.05) is 5.92 Å². The van der Waals surface area contributed by atoms with Crippen LogP contribution in [0.15, 0.2) is 12.2 Å². The predicted octanol–water partition coefficient (Wildman–Crippen LogP) is 1.02. The summed E-state index contributed by atoms with van der Waals surface area (Å²) in [5.74, 6) is -0.384. The van der Waals surface area contributed by atoms with Gasteiger partial charge in [0.25, 0.3) is 0 Å². The molecule has 1 aliphatic rings. The molecule has 1 saturated heterocycles. The van der Waals surface area contributed by atoms with Gasteiger partial charge in [-0.15, -0.1) is 0 Å². The van der Waals surface area contributed by atoms with E-state index in [4.69, 9.17) is 9.84 Å². The first-order chi connectivity index (χ1) is 7.67. The molecule has 0 unspecified atom stereocenters. The number of carbonyl (C=O) groups excluding carboxylic acids is 1. The summed E-state index contributed by atoms with van der Waals surface area (Å²) >= 11 is 0. The predicted molar refractivity (Wildman–Crippen MR) is 59.7 cm³/mol. The summed E-state index contributed by atoms with van der Waals surface area (Å²) in [5, 5.41) is 18.6. The van der Waals surface area contributed by atoms with Crippen molar-refractivity contribution in [2.24, 2.45) is 5.92 Å². The van der Waals surface area contributed by atoms with Gasteiger partial charge in [-0.25, -0.2) is 0 Å². The SMILES string of the molecule is CCCC[C@H](O)C=C[C@H]1CC(=O)O[C@H]1CO. The smallest absolute Gasteiger partial charge is 0.306 e. The number of rotatable bonds is 6. The van der Waals surface area contributed by atoms with E-state index in [1.54, 1.807) is 12.2 Å². The second kappa shape index (κ2) is 6.66. The number of unbranched alkanes of at least 4 members (excludes halogenated alkanes) is 1. The topological polar surface area (TPSA) is 66.8 Å². The molecule has 0 aromatic heterocycles. The molecule has 4 heteroatoms. The molecule has 0 aromatic rings. The maximum atomic E-state index is 11.0. The minimum Gasteiger partial charge on any atom is -0.459 e. The monoisotopic (exact) mass is 228 g/mol. The van der Waals surface area contributed by atoms with Crippen LogP contribution in [0.3, 0.4) is 0 Å². The highest BCUT2D eigenvalue weighted by Crippen LogP contribution is 2.23. The standard InChI is InChI=1S/C12H20O4/c1-2-3-4-10(14)6-5-9-7-12(15)16-11(9)8-13/h5-6,9-11,13-14H,2-4,7-8H2,1H3/t9-,10-,11-/m0/s1. The molecule has 0 bridgehead atoms. The van der Waals surface area contributed by atoms with Crippen LogP contribution in [-0.2, 0) is 9.53 Å². The first kappa shape index (κ1) is 13.2. The summed E-state index contributed by atoms with van der Waals surface area (Å²) in [6.45, 7) is 1.91. The molecule has 1 aliphatic heterocycles. The zero-order chi connectivity index (χ0) is 12.0. The summed E-state index contributed by atoms with van der Waals surface area (Å²) in [6.07, 6.45) is 5.64. The lowest BCUT2D eigenvalue weighted by molar-refractivity contribution is -0.142. The Morgan fingerprint density at radius 1 is 1.62 bits per heavy atom. The highest BCUT2D eigenvalue weighted by Gasteiger charge is 2.32. The van der Waals surface area contributed by atoms with Gasteiger partial charge in [0.05, 0.1) is 19.1 Å². The minimum absolute atomic E-state index is 0.103. The third-order valence-corrected chi connectivity index (χ3v) is 2.78. The van der Waals surface area contributed by atoms with E-state index in [0.717, 1.165) is 19.3 Å².